The summed E-state index contributed by atoms with van der Waals surface area (Å²) in [5, 5.41) is 0. The summed E-state index contributed by atoms with van der Waals surface area (Å²) >= 11 is 6.44. The summed E-state index contributed by atoms with van der Waals surface area (Å²) in [6, 6.07) is 2.94. The number of benzene rings is 1. The molecule has 0 amide bonds. The van der Waals surface area contributed by atoms with Gasteiger partial charge in [-0.15, -0.1) is 23.3 Å². The van der Waals surface area contributed by atoms with Gasteiger partial charge < -0.3 is 8.92 Å². The summed E-state index contributed by atoms with van der Waals surface area (Å²) in [5.41, 5.74) is -3.09. The zero-order chi connectivity index (χ0) is 20.9. The highest BCUT2D eigenvalue weighted by Crippen LogP contribution is 2.50. The molecule has 0 saturated carbocycles. The summed E-state index contributed by atoms with van der Waals surface area (Å²) in [6.07, 6.45) is 2.87. The first-order valence-electron chi connectivity index (χ1n) is 8.58. The molecule has 1 aliphatic carbocycles. The maximum Gasteiger partial charge on any atom is 0.534 e. The van der Waals surface area contributed by atoms with Crippen LogP contribution in [0, 0.1) is 6.92 Å². The number of rotatable bonds is 2. The molecule has 1 heterocycles. The maximum atomic E-state index is 12.6. The second-order valence-electron chi connectivity index (χ2n) is 6.11. The summed E-state index contributed by atoms with van der Waals surface area (Å²) in [4.78, 5) is 0. The average molecular weight is 447 g/mol. The van der Waals surface area contributed by atoms with E-state index in [1.54, 1.807) is 6.07 Å². The number of halogens is 3. The Bertz CT molecular complexity index is 728. The Morgan fingerprint density at radius 2 is 1.67 bits per heavy atom. The van der Waals surface area contributed by atoms with Crippen LogP contribution in [0.25, 0.3) is 0 Å². The lowest BCUT2D eigenvalue weighted by molar-refractivity contribution is -0.0500. The van der Waals surface area contributed by atoms with Crippen LogP contribution in [-0.2, 0) is 26.7 Å². The van der Waals surface area contributed by atoms with Crippen LogP contribution in [0.5, 0.6) is 5.75 Å². The van der Waals surface area contributed by atoms with Gasteiger partial charge in [0.1, 0.15) is 5.75 Å². The van der Waals surface area contributed by atoms with Crippen molar-refractivity contribution in [2.45, 2.75) is 57.4 Å². The zero-order valence-electron chi connectivity index (χ0n) is 15.5. The summed E-state index contributed by atoms with van der Waals surface area (Å²) in [6.45, 7) is 7.10. The molecule has 4 nitrogen and oxygen atoms in total. The van der Waals surface area contributed by atoms with Gasteiger partial charge in [-0.3, -0.25) is 0 Å². The highest BCUT2D eigenvalue weighted by Gasteiger charge is 2.50. The van der Waals surface area contributed by atoms with E-state index in [4.69, 9.17) is 4.74 Å². The fourth-order valence-corrected chi connectivity index (χ4v) is 4.21. The van der Waals surface area contributed by atoms with Crippen LogP contribution in [-0.4, -0.2) is 27.1 Å². The Morgan fingerprint density at radius 3 is 2.19 bits per heavy atom. The van der Waals surface area contributed by atoms with Gasteiger partial charge in [0.25, 0.3) is 0 Å². The number of hydrogen-bond donors (Lipinski definition) is 2. The van der Waals surface area contributed by atoms with E-state index in [-0.39, 0.29) is 11.2 Å². The van der Waals surface area contributed by atoms with E-state index in [0.29, 0.717) is 25.2 Å². The first-order chi connectivity index (χ1) is 12.7. The molecule has 0 atom stereocenters. The van der Waals surface area contributed by atoms with Gasteiger partial charge in [-0.25, -0.2) is 0 Å². The maximum absolute atomic E-state index is 12.6. The molecule has 1 spiro atoms. The predicted molar refractivity (Wildman–Crippen MR) is 106 cm³/mol. The fraction of sp³-hybridized carbons (Fsp3) is 0.647. The third kappa shape index (κ3) is 5.07. The third-order valence-corrected chi connectivity index (χ3v) is 5.76. The normalized spacial score (nSPS) is 17.9. The molecule has 0 radical (unpaired) electrons. The number of ether oxygens (including phenoxy) is 1. The van der Waals surface area contributed by atoms with E-state index in [1.165, 1.54) is 6.07 Å². The molecule has 1 fully saturated rings. The Kier molecular flexibility index (Phi) is 8.84. The number of fused-ring (bicyclic) bond motifs is 2. The standard InChI is InChI=1S/C15H17F3O4S.C2H6.H2S2/c1-10-2-3-12(22-23(19,20)15(16,17)18)11-4-5-14(13(10)11)6-8-21-9-7-14;2*1-2/h2-3H,4-9H2,1H3;1-2H3;1-2H. The van der Waals surface area contributed by atoms with Gasteiger partial charge in [-0.2, -0.15) is 21.6 Å². The average Bonchev–Trinajstić information content (AvgIpc) is 3.00. The highest BCUT2D eigenvalue weighted by molar-refractivity contribution is 8.59. The topological polar surface area (TPSA) is 52.6 Å². The van der Waals surface area contributed by atoms with E-state index < -0.39 is 15.6 Å². The smallest absolute Gasteiger partial charge is 0.381 e. The van der Waals surface area contributed by atoms with Crippen LogP contribution in [0.1, 0.15) is 49.8 Å². The minimum absolute atomic E-state index is 0.140. The molecule has 156 valence electrons. The lowest BCUT2D eigenvalue weighted by atomic mass is 9.74. The number of alkyl halides is 3. The van der Waals surface area contributed by atoms with Gasteiger partial charge in [0.15, 0.2) is 0 Å². The lowest BCUT2D eigenvalue weighted by Crippen LogP contribution is -2.32. The van der Waals surface area contributed by atoms with E-state index in [0.717, 1.165) is 30.4 Å². The van der Waals surface area contributed by atoms with Crippen LogP contribution >= 0.6 is 23.3 Å². The number of aryl methyl sites for hydroxylation is 1. The van der Waals surface area contributed by atoms with E-state index in [9.17, 15) is 21.6 Å². The Morgan fingerprint density at radius 1 is 1.11 bits per heavy atom. The zero-order valence-corrected chi connectivity index (χ0v) is 18.1. The molecule has 0 N–H and O–H groups in total. The molecule has 0 aromatic heterocycles. The molecule has 10 heteroatoms. The molecule has 1 saturated heterocycles. The molecule has 0 bridgehead atoms. The van der Waals surface area contributed by atoms with Crippen molar-refractivity contribution in [3.8, 4) is 5.75 Å². The first-order valence-corrected chi connectivity index (χ1v) is 11.6. The van der Waals surface area contributed by atoms with Gasteiger partial charge in [-0.1, -0.05) is 19.9 Å². The van der Waals surface area contributed by atoms with Crippen molar-refractivity contribution in [2.24, 2.45) is 0 Å². The van der Waals surface area contributed by atoms with E-state index in [1.807, 2.05) is 20.8 Å². The molecule has 0 unspecified atom stereocenters. The molecule has 1 aliphatic heterocycles. The molecule has 1 aromatic rings. The lowest BCUT2D eigenvalue weighted by Gasteiger charge is -2.35. The third-order valence-electron chi connectivity index (χ3n) is 4.80. The van der Waals surface area contributed by atoms with Crippen LogP contribution in [0.2, 0.25) is 0 Å². The fourth-order valence-electron chi connectivity index (χ4n) is 3.73. The van der Waals surface area contributed by atoms with Crippen molar-refractivity contribution in [2.75, 3.05) is 13.2 Å². The Hall–Kier alpha value is -0.580. The Balaban J connectivity index is 0.000000855. The summed E-state index contributed by atoms with van der Waals surface area (Å²) in [5.74, 6) is -0.203. The van der Waals surface area contributed by atoms with Gasteiger partial charge in [0.05, 0.1) is 0 Å². The van der Waals surface area contributed by atoms with Crippen LogP contribution < -0.4 is 4.18 Å². The van der Waals surface area contributed by atoms with Crippen molar-refractivity contribution in [3.63, 3.8) is 0 Å². The first kappa shape index (κ1) is 24.5. The monoisotopic (exact) mass is 446 g/mol. The van der Waals surface area contributed by atoms with E-state index >= 15 is 0 Å². The van der Waals surface area contributed by atoms with Crippen LogP contribution in [0.3, 0.4) is 0 Å². The van der Waals surface area contributed by atoms with Crippen molar-refractivity contribution in [1.29, 1.82) is 0 Å². The minimum Gasteiger partial charge on any atom is -0.381 e. The summed E-state index contributed by atoms with van der Waals surface area (Å²) in [7, 11) is -5.65. The van der Waals surface area contributed by atoms with Crippen molar-refractivity contribution in [3.05, 3.63) is 28.8 Å². The molecule has 3 rings (SSSR count). The quantitative estimate of drug-likeness (QED) is 0.290. The molecular weight excluding hydrogens is 421 g/mol. The number of thiol groups is 2. The largest absolute Gasteiger partial charge is 0.534 e. The van der Waals surface area contributed by atoms with Gasteiger partial charge in [-0.05, 0) is 55.4 Å². The summed E-state index contributed by atoms with van der Waals surface area (Å²) < 4.78 is 70.1. The predicted octanol–water partition coefficient (Wildman–Crippen LogP) is 5.01. The SMILES string of the molecule is CC.Cc1ccc(OS(=O)(=O)C(F)(F)F)c2c1C1(CCOCC1)CC2.SS. The number of hydrogen-bond acceptors (Lipinski definition) is 6. The van der Waals surface area contributed by atoms with Gasteiger partial charge >= 0.3 is 15.6 Å². The molecule has 2 aliphatic rings. The van der Waals surface area contributed by atoms with Crippen LogP contribution in [0.15, 0.2) is 12.1 Å². The Labute approximate surface area is 169 Å². The van der Waals surface area contributed by atoms with Crippen LogP contribution in [0.4, 0.5) is 13.2 Å². The molecular formula is C17H25F3O4S3. The second kappa shape index (κ2) is 9.76. The molecule has 1 aromatic carbocycles. The second-order valence-corrected chi connectivity index (χ2v) is 7.65. The minimum atomic E-state index is -5.65. The highest BCUT2D eigenvalue weighted by atomic mass is 33.1. The van der Waals surface area contributed by atoms with Crippen molar-refractivity contribution in [1.82, 2.24) is 0 Å². The van der Waals surface area contributed by atoms with Crippen molar-refractivity contribution >= 4 is 33.4 Å². The molecule has 27 heavy (non-hydrogen) atoms. The van der Waals surface area contributed by atoms with E-state index in [2.05, 4.69) is 27.5 Å². The van der Waals surface area contributed by atoms with Crippen molar-refractivity contribution < 1.29 is 30.5 Å². The van der Waals surface area contributed by atoms with Gasteiger partial charge in [0.2, 0.25) is 0 Å². The van der Waals surface area contributed by atoms with Gasteiger partial charge in [0, 0.05) is 18.6 Å².